The van der Waals surface area contributed by atoms with Gasteiger partial charge in [0.1, 0.15) is 0 Å². The number of hydrogen-bond donors (Lipinski definition) is 1. The van der Waals surface area contributed by atoms with Gasteiger partial charge in [0.25, 0.3) is 0 Å². The first-order valence-electron chi connectivity index (χ1n) is 8.39. The van der Waals surface area contributed by atoms with Crippen molar-refractivity contribution in [1.82, 2.24) is 0 Å². The van der Waals surface area contributed by atoms with Gasteiger partial charge in [0.2, 0.25) is 0 Å². The van der Waals surface area contributed by atoms with E-state index in [9.17, 15) is 9.59 Å². The van der Waals surface area contributed by atoms with Gasteiger partial charge >= 0.3 is 11.9 Å². The van der Waals surface area contributed by atoms with Gasteiger partial charge in [-0.2, -0.15) is 0 Å². The van der Waals surface area contributed by atoms with Crippen LogP contribution in [0.15, 0.2) is 0 Å². The van der Waals surface area contributed by atoms with E-state index in [-0.39, 0.29) is 12.5 Å². The molecule has 124 valence electrons. The highest BCUT2D eigenvalue weighted by Crippen LogP contribution is 2.17. The third kappa shape index (κ3) is 12.4. The van der Waals surface area contributed by atoms with Crippen LogP contribution >= 0.6 is 0 Å². The molecule has 0 amide bonds. The molecule has 0 aromatic rings. The number of carboxylic acid groups (broad SMARTS) is 1. The first-order chi connectivity index (χ1) is 9.97. The highest BCUT2D eigenvalue weighted by atomic mass is 16.5. The summed E-state index contributed by atoms with van der Waals surface area (Å²) in [5, 5.41) is 9.15. The van der Waals surface area contributed by atoms with Crippen molar-refractivity contribution in [2.75, 3.05) is 0 Å². The zero-order chi connectivity index (χ0) is 16.1. The SMILES string of the molecule is CCCCCCCCCCC(CC(=O)OC(C)C)C(=O)O. The topological polar surface area (TPSA) is 63.6 Å². The minimum Gasteiger partial charge on any atom is -0.481 e. The summed E-state index contributed by atoms with van der Waals surface area (Å²) in [5.41, 5.74) is 0. The van der Waals surface area contributed by atoms with Crippen molar-refractivity contribution in [2.45, 2.75) is 91.1 Å². The molecule has 0 aliphatic heterocycles. The molecule has 1 unspecified atom stereocenters. The van der Waals surface area contributed by atoms with Gasteiger partial charge < -0.3 is 9.84 Å². The van der Waals surface area contributed by atoms with Gasteiger partial charge in [-0.25, -0.2) is 0 Å². The summed E-state index contributed by atoms with van der Waals surface area (Å²) in [7, 11) is 0. The molecule has 1 N–H and O–H groups in total. The molecule has 0 aromatic heterocycles. The molecule has 0 saturated heterocycles. The lowest BCUT2D eigenvalue weighted by Gasteiger charge is -2.13. The van der Waals surface area contributed by atoms with Gasteiger partial charge in [0.15, 0.2) is 0 Å². The summed E-state index contributed by atoms with van der Waals surface area (Å²) in [6, 6.07) is 0. The Labute approximate surface area is 129 Å². The summed E-state index contributed by atoms with van der Waals surface area (Å²) >= 11 is 0. The van der Waals surface area contributed by atoms with Crippen LogP contribution in [0.5, 0.6) is 0 Å². The van der Waals surface area contributed by atoms with Crippen LogP contribution in [0, 0.1) is 5.92 Å². The molecule has 0 heterocycles. The maximum Gasteiger partial charge on any atom is 0.307 e. The maximum atomic E-state index is 11.5. The minimum absolute atomic E-state index is 0.00991. The first-order valence-corrected chi connectivity index (χ1v) is 8.39. The van der Waals surface area contributed by atoms with Gasteiger partial charge in [-0.05, 0) is 20.3 Å². The van der Waals surface area contributed by atoms with E-state index < -0.39 is 17.9 Å². The second-order valence-corrected chi connectivity index (χ2v) is 6.04. The molecule has 4 nitrogen and oxygen atoms in total. The quantitative estimate of drug-likeness (QED) is 0.400. The maximum absolute atomic E-state index is 11.5. The largest absolute Gasteiger partial charge is 0.481 e. The number of aliphatic carboxylic acids is 1. The molecule has 21 heavy (non-hydrogen) atoms. The summed E-state index contributed by atoms with van der Waals surface area (Å²) in [4.78, 5) is 22.7. The lowest BCUT2D eigenvalue weighted by atomic mass is 9.97. The van der Waals surface area contributed by atoms with Crippen LogP contribution < -0.4 is 0 Å². The second-order valence-electron chi connectivity index (χ2n) is 6.04. The zero-order valence-corrected chi connectivity index (χ0v) is 13.9. The van der Waals surface area contributed by atoms with E-state index in [0.717, 1.165) is 19.3 Å². The Morgan fingerprint density at radius 2 is 1.48 bits per heavy atom. The third-order valence-electron chi connectivity index (χ3n) is 3.54. The monoisotopic (exact) mass is 300 g/mol. The van der Waals surface area contributed by atoms with Gasteiger partial charge in [-0.15, -0.1) is 0 Å². The van der Waals surface area contributed by atoms with E-state index >= 15 is 0 Å². The Balaban J connectivity index is 3.75. The molecule has 0 rings (SSSR count). The van der Waals surface area contributed by atoms with Crippen molar-refractivity contribution >= 4 is 11.9 Å². The second kappa shape index (κ2) is 12.7. The van der Waals surface area contributed by atoms with E-state index in [4.69, 9.17) is 9.84 Å². The molecule has 4 heteroatoms. The minimum atomic E-state index is -0.890. The summed E-state index contributed by atoms with van der Waals surface area (Å²) in [6.45, 7) is 5.74. The number of carbonyl (C=O) groups is 2. The van der Waals surface area contributed by atoms with Gasteiger partial charge in [0.05, 0.1) is 18.4 Å². The molecule has 0 fully saturated rings. The third-order valence-corrected chi connectivity index (χ3v) is 3.54. The van der Waals surface area contributed by atoms with Crippen molar-refractivity contribution in [3.8, 4) is 0 Å². The average Bonchev–Trinajstić information content (AvgIpc) is 2.39. The van der Waals surface area contributed by atoms with E-state index in [1.807, 2.05) is 0 Å². The Bertz CT molecular complexity index is 287. The Kier molecular flexibility index (Phi) is 12.0. The summed E-state index contributed by atoms with van der Waals surface area (Å²) in [6.07, 6.45) is 9.82. The van der Waals surface area contributed by atoms with Crippen LogP contribution in [0.1, 0.15) is 85.0 Å². The van der Waals surface area contributed by atoms with Crippen LogP contribution in [0.3, 0.4) is 0 Å². The van der Waals surface area contributed by atoms with Crippen LogP contribution in [-0.4, -0.2) is 23.1 Å². The zero-order valence-electron chi connectivity index (χ0n) is 13.9. The molecule has 0 bridgehead atoms. The molecule has 0 spiro atoms. The van der Waals surface area contributed by atoms with E-state index in [0.29, 0.717) is 6.42 Å². The van der Waals surface area contributed by atoms with Crippen molar-refractivity contribution in [3.05, 3.63) is 0 Å². The van der Waals surface area contributed by atoms with E-state index in [1.165, 1.54) is 32.1 Å². The fraction of sp³-hybridized carbons (Fsp3) is 0.882. The summed E-state index contributed by atoms with van der Waals surface area (Å²) in [5.74, 6) is -1.90. The van der Waals surface area contributed by atoms with Crippen molar-refractivity contribution < 1.29 is 19.4 Å². The Morgan fingerprint density at radius 1 is 0.952 bits per heavy atom. The van der Waals surface area contributed by atoms with Crippen LogP contribution in [0.25, 0.3) is 0 Å². The lowest BCUT2D eigenvalue weighted by molar-refractivity contribution is -0.154. The number of rotatable bonds is 13. The van der Waals surface area contributed by atoms with Crippen LogP contribution in [0.2, 0.25) is 0 Å². The highest BCUT2D eigenvalue weighted by molar-refractivity contribution is 5.78. The standard InChI is InChI=1S/C17H32O4/c1-4-5-6-7-8-9-10-11-12-15(17(19)20)13-16(18)21-14(2)3/h14-15H,4-13H2,1-3H3,(H,19,20). The van der Waals surface area contributed by atoms with Crippen molar-refractivity contribution in [3.63, 3.8) is 0 Å². The van der Waals surface area contributed by atoms with Gasteiger partial charge in [-0.1, -0.05) is 58.3 Å². The van der Waals surface area contributed by atoms with Gasteiger partial charge in [0, 0.05) is 0 Å². The average molecular weight is 300 g/mol. The smallest absolute Gasteiger partial charge is 0.307 e. The fourth-order valence-electron chi connectivity index (χ4n) is 2.35. The molecular weight excluding hydrogens is 268 g/mol. The molecule has 0 saturated carbocycles. The Hall–Kier alpha value is -1.06. The molecule has 0 aliphatic carbocycles. The fourth-order valence-corrected chi connectivity index (χ4v) is 2.35. The predicted molar refractivity (Wildman–Crippen MR) is 84.2 cm³/mol. The first kappa shape index (κ1) is 19.9. The number of esters is 1. The molecule has 1 atom stereocenters. The van der Waals surface area contributed by atoms with E-state index in [1.54, 1.807) is 13.8 Å². The number of carbonyl (C=O) groups excluding carboxylic acids is 1. The molecule has 0 radical (unpaired) electrons. The Morgan fingerprint density at radius 3 is 1.95 bits per heavy atom. The predicted octanol–water partition coefficient (Wildman–Crippen LogP) is 4.56. The molecule has 0 aliphatic rings. The summed E-state index contributed by atoms with van der Waals surface area (Å²) < 4.78 is 5.01. The number of unbranched alkanes of at least 4 members (excludes halogenated alkanes) is 7. The molecule has 0 aromatic carbocycles. The number of carboxylic acids is 1. The van der Waals surface area contributed by atoms with Gasteiger partial charge in [-0.3, -0.25) is 9.59 Å². The van der Waals surface area contributed by atoms with Crippen molar-refractivity contribution in [1.29, 1.82) is 0 Å². The lowest BCUT2D eigenvalue weighted by Crippen LogP contribution is -2.21. The van der Waals surface area contributed by atoms with E-state index in [2.05, 4.69) is 6.92 Å². The number of ether oxygens (including phenoxy) is 1. The normalized spacial score (nSPS) is 12.4. The van der Waals surface area contributed by atoms with Crippen LogP contribution in [-0.2, 0) is 14.3 Å². The van der Waals surface area contributed by atoms with Crippen LogP contribution in [0.4, 0.5) is 0 Å². The highest BCUT2D eigenvalue weighted by Gasteiger charge is 2.22. The number of hydrogen-bond acceptors (Lipinski definition) is 3. The van der Waals surface area contributed by atoms with Crippen molar-refractivity contribution in [2.24, 2.45) is 5.92 Å². The molecular formula is C17H32O4.